The zero-order valence-electron chi connectivity index (χ0n) is 42.4. The van der Waals surface area contributed by atoms with Crippen molar-refractivity contribution in [1.82, 2.24) is 24.8 Å². The Bertz CT molecular complexity index is 2680. The van der Waals surface area contributed by atoms with Gasteiger partial charge in [-0.3, -0.25) is 38.6 Å². The number of carbonyl (C=O) groups is 5. The molecule has 4 N–H and O–H groups in total. The van der Waals surface area contributed by atoms with Crippen LogP contribution in [0.1, 0.15) is 94.8 Å². The fraction of sp³-hybridized carbons (Fsp3) is 0.500. The van der Waals surface area contributed by atoms with Crippen LogP contribution in [0.25, 0.3) is 16.8 Å². The number of nitrogens with one attached hydrogen (secondary N) is 4. The topological polar surface area (TPSA) is 235 Å². The number of ether oxygens (including phenoxy) is 6. The van der Waals surface area contributed by atoms with Gasteiger partial charge >= 0.3 is 0 Å². The molecule has 8 rings (SSSR count). The standard InChI is InChI=1S/C54H68N8O12/c1-36-49(37(2)74-60-36)39-19-22-61-46(35-39)58-44(51(61)57-40-7-4-3-5-8-40)16-13-38-11-14-41(15-12-38)56-48(64)20-23-68-25-27-70-29-31-72-33-34-73-32-30-71-28-26-69-24-21-55-43-10-6-9-42-50(43)54(67)62(53(42)66)45-17-18-47(63)59-52(45)65/h6,9-12,14-15,19,22,35,40,45,55,57H,3-5,7-8,13,16-18,20-21,23-34H2,1-2H3,(H,56,64)(H,59,63,65). The number of anilines is 3. The Balaban J connectivity index is 0.608. The molecule has 1 atom stereocenters. The summed E-state index contributed by atoms with van der Waals surface area (Å²) in [7, 11) is 0. The lowest BCUT2D eigenvalue weighted by Gasteiger charge is -2.27. The lowest BCUT2D eigenvalue weighted by atomic mass is 9.95. The van der Waals surface area contributed by atoms with Gasteiger partial charge in [-0.1, -0.05) is 42.6 Å². The summed E-state index contributed by atoms with van der Waals surface area (Å²) >= 11 is 0. The number of amides is 5. The molecule has 20 nitrogen and oxygen atoms in total. The molecule has 2 aromatic carbocycles. The number of aromatic nitrogens is 3. The summed E-state index contributed by atoms with van der Waals surface area (Å²) in [6.07, 6.45) is 10.2. The number of benzene rings is 2. The van der Waals surface area contributed by atoms with Crippen LogP contribution in [0.4, 0.5) is 17.2 Å². The van der Waals surface area contributed by atoms with Crippen LogP contribution < -0.4 is 21.3 Å². The monoisotopic (exact) mass is 1020 g/mol. The molecule has 2 aliphatic heterocycles. The smallest absolute Gasteiger partial charge is 0.264 e. The molecule has 20 heteroatoms. The van der Waals surface area contributed by atoms with Gasteiger partial charge in [-0.2, -0.15) is 0 Å². The predicted octanol–water partition coefficient (Wildman–Crippen LogP) is 6.08. The van der Waals surface area contributed by atoms with Gasteiger partial charge in [-0.15, -0.1) is 0 Å². The molecule has 74 heavy (non-hydrogen) atoms. The van der Waals surface area contributed by atoms with Gasteiger partial charge in [-0.25, -0.2) is 4.98 Å². The van der Waals surface area contributed by atoms with Crippen molar-refractivity contribution in [2.45, 2.75) is 90.1 Å². The van der Waals surface area contributed by atoms with E-state index in [9.17, 15) is 24.0 Å². The highest BCUT2D eigenvalue weighted by molar-refractivity contribution is 6.25. The molecule has 0 radical (unpaired) electrons. The van der Waals surface area contributed by atoms with Gasteiger partial charge < -0.3 is 48.9 Å². The normalized spacial score (nSPS) is 16.0. The van der Waals surface area contributed by atoms with E-state index >= 15 is 0 Å². The highest BCUT2D eigenvalue weighted by Gasteiger charge is 2.45. The Morgan fingerprint density at radius 2 is 1.41 bits per heavy atom. The van der Waals surface area contributed by atoms with Crippen LogP contribution in [0.2, 0.25) is 0 Å². The van der Waals surface area contributed by atoms with Crippen molar-refractivity contribution in [1.29, 1.82) is 0 Å². The summed E-state index contributed by atoms with van der Waals surface area (Å²) in [6.45, 7) is 8.85. The molecule has 1 aliphatic carbocycles. The van der Waals surface area contributed by atoms with E-state index in [1.807, 2.05) is 26.0 Å². The number of hydrogen-bond donors (Lipinski definition) is 4. The molecule has 2 fully saturated rings. The molecule has 1 unspecified atom stereocenters. The van der Waals surface area contributed by atoms with Gasteiger partial charge in [0.05, 0.1) is 108 Å². The van der Waals surface area contributed by atoms with Gasteiger partial charge in [-0.05, 0) is 93.5 Å². The second-order valence-corrected chi connectivity index (χ2v) is 18.5. The first-order chi connectivity index (χ1) is 36.1. The van der Waals surface area contributed by atoms with E-state index in [1.165, 1.54) is 19.3 Å². The molecule has 1 saturated carbocycles. The van der Waals surface area contributed by atoms with Crippen molar-refractivity contribution >= 4 is 52.4 Å². The summed E-state index contributed by atoms with van der Waals surface area (Å²) in [5, 5.41) is 16.3. The molecule has 0 bridgehead atoms. The van der Waals surface area contributed by atoms with Crippen molar-refractivity contribution in [2.75, 3.05) is 102 Å². The molecular weight excluding hydrogens is 953 g/mol. The molecule has 0 spiro atoms. The number of aryl methyl sites for hydroxylation is 4. The van der Waals surface area contributed by atoms with Crippen LogP contribution >= 0.6 is 0 Å². The molecule has 396 valence electrons. The van der Waals surface area contributed by atoms with Crippen molar-refractivity contribution < 1.29 is 56.9 Å². The van der Waals surface area contributed by atoms with Gasteiger partial charge in [0.2, 0.25) is 17.7 Å². The number of piperidine rings is 1. The van der Waals surface area contributed by atoms with Gasteiger partial charge in [0.25, 0.3) is 11.8 Å². The van der Waals surface area contributed by atoms with Gasteiger partial charge in [0, 0.05) is 42.1 Å². The second-order valence-electron chi connectivity index (χ2n) is 18.5. The largest absolute Gasteiger partial charge is 0.382 e. The van der Waals surface area contributed by atoms with Crippen LogP contribution in [0.15, 0.2) is 65.3 Å². The van der Waals surface area contributed by atoms with Crippen LogP contribution in [-0.4, -0.2) is 147 Å². The van der Waals surface area contributed by atoms with E-state index in [2.05, 4.69) is 61.3 Å². The van der Waals surface area contributed by atoms with Crippen molar-refractivity contribution in [2.24, 2.45) is 0 Å². The van der Waals surface area contributed by atoms with Crippen molar-refractivity contribution in [3.63, 3.8) is 0 Å². The Labute approximate surface area is 430 Å². The van der Waals surface area contributed by atoms with E-state index in [0.29, 0.717) is 90.9 Å². The van der Waals surface area contributed by atoms with E-state index in [4.69, 9.17) is 37.9 Å². The van der Waals surface area contributed by atoms with E-state index in [0.717, 1.165) is 81.6 Å². The third-order valence-corrected chi connectivity index (χ3v) is 13.2. The summed E-state index contributed by atoms with van der Waals surface area (Å²) in [5.41, 5.74) is 7.63. The lowest BCUT2D eigenvalue weighted by Crippen LogP contribution is -2.54. The van der Waals surface area contributed by atoms with Crippen molar-refractivity contribution in [3.8, 4) is 11.1 Å². The number of hydrogen-bond acceptors (Lipinski definition) is 16. The second kappa shape index (κ2) is 27.1. The predicted molar refractivity (Wildman–Crippen MR) is 274 cm³/mol. The summed E-state index contributed by atoms with van der Waals surface area (Å²) in [6, 6.07) is 16.5. The van der Waals surface area contributed by atoms with Crippen LogP contribution in [0, 0.1) is 13.8 Å². The number of imide groups is 2. The number of pyridine rings is 1. The minimum atomic E-state index is -1.02. The summed E-state index contributed by atoms with van der Waals surface area (Å²) in [5.74, 6) is -0.448. The van der Waals surface area contributed by atoms with E-state index in [1.54, 1.807) is 18.2 Å². The number of nitrogens with zero attached hydrogens (tertiary/aromatic N) is 4. The molecule has 1 saturated heterocycles. The first-order valence-corrected chi connectivity index (χ1v) is 25.8. The summed E-state index contributed by atoms with van der Waals surface area (Å²) in [4.78, 5) is 68.9. The lowest BCUT2D eigenvalue weighted by molar-refractivity contribution is -0.136. The van der Waals surface area contributed by atoms with Crippen LogP contribution in [0.5, 0.6) is 0 Å². The number of rotatable bonds is 30. The Kier molecular flexibility index (Phi) is 19.7. The maximum absolute atomic E-state index is 13.2. The molecule has 5 aromatic rings. The number of imidazole rings is 1. The van der Waals surface area contributed by atoms with Gasteiger partial charge in [0.15, 0.2) is 0 Å². The molecule has 3 aliphatic rings. The third-order valence-electron chi connectivity index (χ3n) is 13.2. The first-order valence-electron chi connectivity index (χ1n) is 25.8. The summed E-state index contributed by atoms with van der Waals surface area (Å²) < 4.78 is 41.1. The SMILES string of the molecule is Cc1noc(C)c1-c1ccn2c(NC3CCCCC3)c(CCc3ccc(NC(=O)CCOCCOCCOCCOCCOCCOCCNc4cccc5c4C(=O)N(C4CCC(=O)NC4=O)C5=O)cc3)nc2c1. The quantitative estimate of drug-likeness (QED) is 0.0301. The minimum absolute atomic E-state index is 0.0590. The number of carbonyl (C=O) groups excluding carboxylic acids is 5. The third kappa shape index (κ3) is 14.4. The van der Waals surface area contributed by atoms with Gasteiger partial charge in [0.1, 0.15) is 23.3 Å². The fourth-order valence-corrected chi connectivity index (χ4v) is 9.44. The average molecular weight is 1020 g/mol. The van der Waals surface area contributed by atoms with Crippen LogP contribution in [0.3, 0.4) is 0 Å². The highest BCUT2D eigenvalue weighted by atomic mass is 16.6. The van der Waals surface area contributed by atoms with E-state index < -0.39 is 29.7 Å². The van der Waals surface area contributed by atoms with Crippen molar-refractivity contribution in [3.05, 3.63) is 94.6 Å². The molecule has 5 amide bonds. The molecule has 3 aromatic heterocycles. The minimum Gasteiger partial charge on any atom is -0.382 e. The zero-order chi connectivity index (χ0) is 51.7. The Morgan fingerprint density at radius 1 is 0.743 bits per heavy atom. The maximum Gasteiger partial charge on any atom is 0.264 e. The fourth-order valence-electron chi connectivity index (χ4n) is 9.44. The van der Waals surface area contributed by atoms with Crippen LogP contribution in [-0.2, 0) is 55.6 Å². The average Bonchev–Trinajstić information content (AvgIpc) is 4.02. The maximum atomic E-state index is 13.2. The van der Waals surface area contributed by atoms with E-state index in [-0.39, 0.29) is 42.9 Å². The zero-order valence-corrected chi connectivity index (χ0v) is 42.4. The molecular formula is C54H68N8O12. The molecule has 5 heterocycles. The Hall–Kier alpha value is -6.55. The highest BCUT2D eigenvalue weighted by Crippen LogP contribution is 2.34. The first kappa shape index (κ1) is 53.7. The number of fused-ring (bicyclic) bond motifs is 2. The Morgan fingerprint density at radius 3 is 2.05 bits per heavy atom.